The first-order valence-electron chi connectivity index (χ1n) is 36.8. The van der Waals surface area contributed by atoms with Crippen LogP contribution in [-0.4, -0.2) is 0 Å². The van der Waals surface area contributed by atoms with Gasteiger partial charge >= 0.3 is 0 Å². The van der Waals surface area contributed by atoms with Crippen LogP contribution in [0.3, 0.4) is 0 Å². The zero-order valence-corrected chi connectivity index (χ0v) is 56.5. The monoisotopic (exact) mass is 1200 g/mol. The summed E-state index contributed by atoms with van der Waals surface area (Å²) in [6, 6.07) is 11.2. The highest BCUT2D eigenvalue weighted by atomic mass is 127. The van der Waals surface area contributed by atoms with Gasteiger partial charge in [0, 0.05) is 3.57 Å². The fourth-order valence-electron chi connectivity index (χ4n) is 13.0. The van der Waals surface area contributed by atoms with E-state index >= 15 is 0 Å². The second-order valence-corrected chi connectivity index (χ2v) is 26.8. The van der Waals surface area contributed by atoms with Crippen LogP contribution in [0.1, 0.15) is 421 Å². The Morgan fingerprint density at radius 1 is 0.228 bits per heavy atom. The molecule has 0 aromatic heterocycles. The largest absolute Gasteiger partial charge is 0.0654 e. The SMILES string of the molecule is CCCCCCCCCCCCCCCCc1c(I)c(/C=C/c2ccccc2)c(CCCCCCCCCCCCCCCC)c(CCCCCCCCCCCCCCCC)c1CCCCCCCCCCCCCCCC. The van der Waals surface area contributed by atoms with Gasteiger partial charge in [0.1, 0.15) is 0 Å². The average molecular weight is 1200 g/mol. The molecule has 0 nitrogen and oxygen atoms in total. The topological polar surface area (TPSA) is 0 Å². The molecule has 0 radical (unpaired) electrons. The van der Waals surface area contributed by atoms with Gasteiger partial charge < -0.3 is 0 Å². The minimum atomic E-state index is 1.27. The Balaban J connectivity index is 2.25. The number of unbranched alkanes of at least 4 members (excludes halogenated alkanes) is 52. The first-order chi connectivity index (χ1) is 39.2. The summed E-state index contributed by atoms with van der Waals surface area (Å²) in [7, 11) is 0. The Hall–Kier alpha value is -1.09. The van der Waals surface area contributed by atoms with Crippen LogP contribution in [-0.2, 0) is 25.7 Å². The van der Waals surface area contributed by atoms with Crippen molar-refractivity contribution in [1.82, 2.24) is 0 Å². The molecule has 0 N–H and O–H groups in total. The molecule has 2 rings (SSSR count). The van der Waals surface area contributed by atoms with Gasteiger partial charge in [0.05, 0.1) is 0 Å². The van der Waals surface area contributed by atoms with Crippen LogP contribution in [0.5, 0.6) is 0 Å². The minimum absolute atomic E-state index is 1.27. The highest BCUT2D eigenvalue weighted by molar-refractivity contribution is 14.1. The molecule has 458 valence electrons. The van der Waals surface area contributed by atoms with Gasteiger partial charge in [0.2, 0.25) is 0 Å². The number of hydrogen-bond donors (Lipinski definition) is 0. The number of hydrogen-bond acceptors (Lipinski definition) is 0. The van der Waals surface area contributed by atoms with E-state index in [9.17, 15) is 0 Å². The Morgan fingerprint density at radius 2 is 0.430 bits per heavy atom. The van der Waals surface area contributed by atoms with Crippen molar-refractivity contribution in [1.29, 1.82) is 0 Å². The highest BCUT2D eigenvalue weighted by Crippen LogP contribution is 2.36. The van der Waals surface area contributed by atoms with Crippen LogP contribution >= 0.6 is 22.6 Å². The number of benzene rings is 2. The number of rotatable bonds is 62. The molecule has 0 aliphatic heterocycles. The van der Waals surface area contributed by atoms with E-state index in [1.165, 1.54) is 391 Å². The van der Waals surface area contributed by atoms with Crippen LogP contribution in [0.15, 0.2) is 30.3 Å². The predicted octanol–water partition coefficient (Wildman–Crippen LogP) is 28.6. The Bertz CT molecular complexity index is 1570. The third-order valence-electron chi connectivity index (χ3n) is 18.3. The maximum atomic E-state index is 2.88. The van der Waals surface area contributed by atoms with E-state index in [1.54, 1.807) is 20.3 Å². The fraction of sp³-hybridized carbons (Fsp3) is 0.821. The lowest BCUT2D eigenvalue weighted by Crippen LogP contribution is -2.12. The Kier molecular flexibility index (Phi) is 55.0. The van der Waals surface area contributed by atoms with Crippen molar-refractivity contribution in [3.63, 3.8) is 0 Å². The molecular weight excluding hydrogens is 1060 g/mol. The summed E-state index contributed by atoms with van der Waals surface area (Å²) in [6.07, 6.45) is 90.6. The maximum Gasteiger partial charge on any atom is 0.0240 e. The summed E-state index contributed by atoms with van der Waals surface area (Å²) in [5.41, 5.74) is 10.1. The summed E-state index contributed by atoms with van der Waals surface area (Å²) in [6.45, 7) is 9.33. The Morgan fingerprint density at radius 3 is 0.684 bits per heavy atom. The van der Waals surface area contributed by atoms with Gasteiger partial charge in [-0.05, 0) is 107 Å². The van der Waals surface area contributed by atoms with Crippen LogP contribution < -0.4 is 0 Å². The first-order valence-corrected chi connectivity index (χ1v) is 37.8. The average Bonchev–Trinajstić information content (AvgIpc) is 3.50. The van der Waals surface area contributed by atoms with Crippen LogP contribution in [0.4, 0.5) is 0 Å². The van der Waals surface area contributed by atoms with Gasteiger partial charge in [-0.1, -0.05) is 404 Å². The van der Waals surface area contributed by atoms with E-state index in [-0.39, 0.29) is 0 Å². The molecule has 79 heavy (non-hydrogen) atoms. The zero-order chi connectivity index (χ0) is 56.4. The normalized spacial score (nSPS) is 11.8. The van der Waals surface area contributed by atoms with Gasteiger partial charge in [-0.3, -0.25) is 0 Å². The van der Waals surface area contributed by atoms with Crippen molar-refractivity contribution in [3.05, 3.63) is 67.3 Å². The smallest absolute Gasteiger partial charge is 0.0240 e. The van der Waals surface area contributed by atoms with E-state index in [2.05, 4.69) is 92.8 Å². The molecule has 0 saturated carbocycles. The van der Waals surface area contributed by atoms with Gasteiger partial charge in [-0.2, -0.15) is 0 Å². The van der Waals surface area contributed by atoms with Crippen LogP contribution in [0, 0.1) is 3.57 Å². The Labute approximate surface area is 511 Å². The predicted molar refractivity (Wildman–Crippen MR) is 371 cm³/mol. The molecule has 0 fully saturated rings. The van der Waals surface area contributed by atoms with E-state index in [1.807, 2.05) is 11.1 Å². The van der Waals surface area contributed by atoms with Gasteiger partial charge in [0.15, 0.2) is 0 Å². The van der Waals surface area contributed by atoms with Crippen LogP contribution in [0.2, 0.25) is 0 Å². The maximum absolute atomic E-state index is 2.88. The molecule has 1 heteroatoms. The molecule has 0 aliphatic rings. The molecule has 0 saturated heterocycles. The van der Waals surface area contributed by atoms with E-state index in [0.29, 0.717) is 0 Å². The number of halogens is 1. The van der Waals surface area contributed by atoms with Gasteiger partial charge in [-0.15, -0.1) is 0 Å². The van der Waals surface area contributed by atoms with E-state index < -0.39 is 0 Å². The lowest BCUT2D eigenvalue weighted by molar-refractivity contribution is 0.532. The first kappa shape index (κ1) is 74.0. The summed E-state index contributed by atoms with van der Waals surface area (Å²) in [5.74, 6) is 0. The van der Waals surface area contributed by atoms with Crippen molar-refractivity contribution in [3.8, 4) is 0 Å². The lowest BCUT2D eigenvalue weighted by Gasteiger charge is -2.25. The summed E-state index contributed by atoms with van der Waals surface area (Å²) >= 11 is 2.88. The molecule has 2 aromatic carbocycles. The molecule has 0 amide bonds. The second kappa shape index (κ2) is 58.7. The minimum Gasteiger partial charge on any atom is -0.0654 e. The van der Waals surface area contributed by atoms with Gasteiger partial charge in [0.25, 0.3) is 0 Å². The third kappa shape index (κ3) is 43.2. The molecule has 0 bridgehead atoms. The quantitative estimate of drug-likeness (QED) is 0.0352. The summed E-state index contributed by atoms with van der Waals surface area (Å²) in [5, 5.41) is 0. The highest BCUT2D eigenvalue weighted by Gasteiger charge is 2.21. The fourth-order valence-corrected chi connectivity index (χ4v) is 14.1. The molecular formula is C78H139I. The molecule has 2 aromatic rings. The van der Waals surface area contributed by atoms with Crippen molar-refractivity contribution in [2.45, 2.75) is 413 Å². The summed E-state index contributed by atoms with van der Waals surface area (Å²) < 4.78 is 1.62. The van der Waals surface area contributed by atoms with Crippen LogP contribution in [0.25, 0.3) is 12.2 Å². The molecule has 0 aliphatic carbocycles. The van der Waals surface area contributed by atoms with E-state index in [0.717, 1.165) is 0 Å². The van der Waals surface area contributed by atoms with Crippen molar-refractivity contribution < 1.29 is 0 Å². The molecule has 0 atom stereocenters. The molecule has 0 heterocycles. The summed E-state index contributed by atoms with van der Waals surface area (Å²) in [4.78, 5) is 0. The zero-order valence-electron chi connectivity index (χ0n) is 54.3. The third-order valence-corrected chi connectivity index (χ3v) is 19.5. The van der Waals surface area contributed by atoms with E-state index in [4.69, 9.17) is 0 Å². The lowest BCUT2D eigenvalue weighted by atomic mass is 9.82. The van der Waals surface area contributed by atoms with Crippen molar-refractivity contribution >= 4 is 34.7 Å². The molecule has 0 unspecified atom stereocenters. The van der Waals surface area contributed by atoms with Crippen molar-refractivity contribution in [2.75, 3.05) is 0 Å². The van der Waals surface area contributed by atoms with Crippen molar-refractivity contribution in [2.24, 2.45) is 0 Å². The van der Waals surface area contributed by atoms with Gasteiger partial charge in [-0.25, -0.2) is 0 Å². The molecule has 0 spiro atoms. The second-order valence-electron chi connectivity index (χ2n) is 25.8. The standard InChI is InChI=1S/C78H139I/c1-5-9-13-17-21-25-29-33-37-41-45-49-53-60-66-73-74(67-61-54-50-46-42-38-34-30-26-22-18-14-10-6-2)76(69-63-56-52-48-44-40-36-32-28-24-20-16-12-8-4)78(79)77(71-70-72-64-58-57-59-65-72)75(73)68-62-55-51-47-43-39-35-31-27-23-19-15-11-7-3/h57-59,64-65,70-71H,5-56,60-63,66-69H2,1-4H3/b71-70+.